The molecule has 0 aromatic carbocycles. The first-order valence-corrected chi connectivity index (χ1v) is 8.98. The summed E-state index contributed by atoms with van der Waals surface area (Å²) in [6.45, 7) is 1.30. The first-order valence-electron chi connectivity index (χ1n) is 8.98. The van der Waals surface area contributed by atoms with Gasteiger partial charge in [0, 0.05) is 13.2 Å². The third-order valence-electron chi connectivity index (χ3n) is 4.28. The molecule has 0 aliphatic carbocycles. The van der Waals surface area contributed by atoms with Crippen LogP contribution in [0.3, 0.4) is 0 Å². The van der Waals surface area contributed by atoms with Gasteiger partial charge in [-0.25, -0.2) is 17.6 Å². The van der Waals surface area contributed by atoms with Crippen LogP contribution < -0.4 is 10.6 Å². The van der Waals surface area contributed by atoms with Crippen LogP contribution in [0.5, 0.6) is 0 Å². The van der Waals surface area contributed by atoms with Crippen molar-refractivity contribution in [1.82, 2.24) is 24.9 Å². The summed E-state index contributed by atoms with van der Waals surface area (Å²) in [5, 5.41) is 12.4. The van der Waals surface area contributed by atoms with Crippen LogP contribution in [0.15, 0.2) is 35.1 Å². The second-order valence-corrected chi connectivity index (χ2v) is 6.53. The van der Waals surface area contributed by atoms with Gasteiger partial charge in [0.1, 0.15) is 23.2 Å². The number of rotatable bonds is 8. The van der Waals surface area contributed by atoms with E-state index in [1.54, 1.807) is 12.1 Å². The van der Waals surface area contributed by atoms with Crippen molar-refractivity contribution in [2.45, 2.75) is 32.4 Å². The third-order valence-corrected chi connectivity index (χ3v) is 4.28. The van der Waals surface area contributed by atoms with E-state index < -0.39 is 42.1 Å². The smallest absolute Gasteiger partial charge is 0.282 e. The number of hydrogen-bond donors (Lipinski definition) is 2. The van der Waals surface area contributed by atoms with E-state index in [1.807, 2.05) is 0 Å². The number of anilines is 1. The summed E-state index contributed by atoms with van der Waals surface area (Å²) in [4.78, 5) is 25.0. The van der Waals surface area contributed by atoms with Crippen LogP contribution in [0, 0.1) is 0 Å². The molecule has 0 saturated heterocycles. The molecular formula is C18H18F4N6O3. The van der Waals surface area contributed by atoms with Crippen LogP contribution in [0.1, 0.15) is 53.5 Å². The maximum Gasteiger partial charge on any atom is 0.282 e. The van der Waals surface area contributed by atoms with Crippen molar-refractivity contribution in [2.24, 2.45) is 7.05 Å². The van der Waals surface area contributed by atoms with Crippen molar-refractivity contribution in [2.75, 3.05) is 5.32 Å². The first kappa shape index (κ1) is 22.1. The average Bonchev–Trinajstić information content (AvgIpc) is 3.45. The number of amides is 2. The molecule has 2 amide bonds. The average molecular weight is 442 g/mol. The Morgan fingerprint density at radius 3 is 2.55 bits per heavy atom. The minimum atomic E-state index is -3.11. The second-order valence-electron chi connectivity index (χ2n) is 6.53. The monoisotopic (exact) mass is 442 g/mol. The number of alkyl halides is 4. The van der Waals surface area contributed by atoms with Crippen molar-refractivity contribution in [3.8, 4) is 0 Å². The van der Waals surface area contributed by atoms with Gasteiger partial charge < -0.3 is 15.1 Å². The van der Waals surface area contributed by atoms with Crippen LogP contribution >= 0.6 is 0 Å². The summed E-state index contributed by atoms with van der Waals surface area (Å²) < 4.78 is 59.1. The van der Waals surface area contributed by atoms with E-state index >= 15 is 0 Å². The summed E-state index contributed by atoms with van der Waals surface area (Å²) in [5.74, 6) is -0.970. The molecular weight excluding hydrogens is 424 g/mol. The summed E-state index contributed by atoms with van der Waals surface area (Å²) in [7, 11) is 1.51. The molecule has 3 aromatic rings. The van der Waals surface area contributed by atoms with Gasteiger partial charge >= 0.3 is 0 Å². The predicted octanol–water partition coefficient (Wildman–Crippen LogP) is 3.21. The molecule has 0 aliphatic rings. The molecule has 166 valence electrons. The number of hydrogen-bond acceptors (Lipinski definition) is 5. The van der Waals surface area contributed by atoms with Gasteiger partial charge in [0.25, 0.3) is 18.8 Å². The fourth-order valence-corrected chi connectivity index (χ4v) is 2.77. The van der Waals surface area contributed by atoms with E-state index in [-0.39, 0.29) is 17.9 Å². The highest BCUT2D eigenvalue weighted by molar-refractivity contribution is 6.02. The Balaban J connectivity index is 1.77. The van der Waals surface area contributed by atoms with Gasteiger partial charge in [0.05, 0.1) is 18.5 Å². The standard InChI is InChI=1S/C18H18F4N6O3/c1-9(28-13(16(21)22)6-11(25-28)15(19)20)17(29)24-12-8-27(2)26-14(12)18(30)23-7-10-4-3-5-31-10/h3-6,8-9,15-16H,7H2,1-2H3,(H,23,30)(H,24,29). The molecule has 0 saturated carbocycles. The minimum Gasteiger partial charge on any atom is -0.467 e. The van der Waals surface area contributed by atoms with E-state index in [2.05, 4.69) is 20.8 Å². The maximum atomic E-state index is 13.2. The number of furan rings is 1. The number of nitrogens with one attached hydrogen (secondary N) is 2. The molecule has 0 aliphatic heterocycles. The lowest BCUT2D eigenvalue weighted by molar-refractivity contribution is -0.119. The Hall–Kier alpha value is -3.64. The summed E-state index contributed by atoms with van der Waals surface area (Å²) >= 11 is 0. The number of aromatic nitrogens is 4. The van der Waals surface area contributed by atoms with E-state index in [0.717, 1.165) is 0 Å². The zero-order chi connectivity index (χ0) is 22.7. The second kappa shape index (κ2) is 9.02. The Kier molecular flexibility index (Phi) is 6.42. The van der Waals surface area contributed by atoms with E-state index in [4.69, 9.17) is 4.42 Å². The molecule has 3 rings (SSSR count). The third kappa shape index (κ3) is 4.92. The highest BCUT2D eigenvalue weighted by Gasteiger charge is 2.28. The molecule has 0 fully saturated rings. The van der Waals surface area contributed by atoms with Gasteiger partial charge in [0.15, 0.2) is 5.69 Å². The number of halogens is 4. The van der Waals surface area contributed by atoms with Gasteiger partial charge in [-0.2, -0.15) is 10.2 Å². The number of aryl methyl sites for hydroxylation is 1. The number of carbonyl (C=O) groups excluding carboxylic acids is 2. The normalized spacial score (nSPS) is 12.4. The molecule has 9 nitrogen and oxygen atoms in total. The Labute approximate surface area is 173 Å². The lowest BCUT2D eigenvalue weighted by Crippen LogP contribution is -2.28. The van der Waals surface area contributed by atoms with Crippen LogP contribution in [0.2, 0.25) is 0 Å². The largest absolute Gasteiger partial charge is 0.467 e. The van der Waals surface area contributed by atoms with Crippen molar-refractivity contribution >= 4 is 17.5 Å². The van der Waals surface area contributed by atoms with E-state index in [1.165, 1.54) is 31.1 Å². The van der Waals surface area contributed by atoms with Crippen LogP contribution in [-0.4, -0.2) is 31.4 Å². The van der Waals surface area contributed by atoms with Crippen LogP contribution in [0.4, 0.5) is 23.2 Å². The van der Waals surface area contributed by atoms with Gasteiger partial charge in [-0.15, -0.1) is 0 Å². The zero-order valence-corrected chi connectivity index (χ0v) is 16.4. The SMILES string of the molecule is CC(C(=O)Nc1cn(C)nc1C(=O)NCc1ccco1)n1nc(C(F)F)cc1C(F)F. The van der Waals surface area contributed by atoms with E-state index in [0.29, 0.717) is 16.5 Å². The molecule has 2 N–H and O–H groups in total. The van der Waals surface area contributed by atoms with Crippen LogP contribution in [0.25, 0.3) is 0 Å². The molecule has 0 bridgehead atoms. The van der Waals surface area contributed by atoms with Gasteiger partial charge in [-0.1, -0.05) is 0 Å². The molecule has 0 spiro atoms. The minimum absolute atomic E-state index is 0.0103. The number of carbonyl (C=O) groups is 2. The molecule has 0 radical (unpaired) electrons. The van der Waals surface area contributed by atoms with Crippen molar-refractivity contribution in [3.63, 3.8) is 0 Å². The molecule has 3 aromatic heterocycles. The fraction of sp³-hybridized carbons (Fsp3) is 0.333. The lowest BCUT2D eigenvalue weighted by Gasteiger charge is -2.15. The quantitative estimate of drug-likeness (QED) is 0.521. The summed E-state index contributed by atoms with van der Waals surface area (Å²) in [6.07, 6.45) is -3.40. The topological polar surface area (TPSA) is 107 Å². The maximum absolute atomic E-state index is 13.2. The summed E-state index contributed by atoms with van der Waals surface area (Å²) in [6, 6.07) is 2.49. The molecule has 13 heteroatoms. The molecule has 31 heavy (non-hydrogen) atoms. The summed E-state index contributed by atoms with van der Waals surface area (Å²) in [5.41, 5.74) is -1.80. The Morgan fingerprint density at radius 2 is 1.94 bits per heavy atom. The Morgan fingerprint density at radius 1 is 1.19 bits per heavy atom. The predicted molar refractivity (Wildman–Crippen MR) is 98.6 cm³/mol. The highest BCUT2D eigenvalue weighted by atomic mass is 19.3. The van der Waals surface area contributed by atoms with Crippen molar-refractivity contribution < 1.29 is 31.6 Å². The van der Waals surface area contributed by atoms with Crippen molar-refractivity contribution in [3.05, 3.63) is 53.5 Å². The zero-order valence-electron chi connectivity index (χ0n) is 16.4. The Bertz CT molecular complexity index is 1060. The lowest BCUT2D eigenvalue weighted by atomic mass is 10.2. The van der Waals surface area contributed by atoms with Gasteiger partial charge in [-0.3, -0.25) is 19.0 Å². The fourth-order valence-electron chi connectivity index (χ4n) is 2.77. The molecule has 1 unspecified atom stereocenters. The van der Waals surface area contributed by atoms with Gasteiger partial charge in [0.2, 0.25) is 5.91 Å². The molecule has 3 heterocycles. The van der Waals surface area contributed by atoms with Crippen molar-refractivity contribution in [1.29, 1.82) is 0 Å². The van der Waals surface area contributed by atoms with Gasteiger partial charge in [-0.05, 0) is 25.1 Å². The number of nitrogens with zero attached hydrogens (tertiary/aromatic N) is 4. The van der Waals surface area contributed by atoms with E-state index in [9.17, 15) is 27.2 Å². The molecule has 1 atom stereocenters. The van der Waals surface area contributed by atoms with Crippen LogP contribution in [-0.2, 0) is 18.4 Å². The first-order chi connectivity index (χ1) is 14.7. The highest BCUT2D eigenvalue weighted by Crippen LogP contribution is 2.28.